The van der Waals surface area contributed by atoms with Crippen LogP contribution in [0, 0.1) is 0 Å². The number of hydrogen-bond donors (Lipinski definition) is 2. The second kappa shape index (κ2) is 12.4. The van der Waals surface area contributed by atoms with Crippen molar-refractivity contribution < 1.29 is 8.42 Å². The van der Waals surface area contributed by atoms with Crippen LogP contribution in [-0.4, -0.2) is 38.2 Å². The molecule has 0 saturated heterocycles. The fourth-order valence-electron chi connectivity index (χ4n) is 2.37. The highest BCUT2D eigenvalue weighted by molar-refractivity contribution is 14.0. The Balaban J connectivity index is 0.00000392. The summed E-state index contributed by atoms with van der Waals surface area (Å²) < 4.78 is 24.6. The van der Waals surface area contributed by atoms with Gasteiger partial charge < -0.3 is 10.6 Å². The van der Waals surface area contributed by atoms with Crippen molar-refractivity contribution >= 4 is 51.1 Å². The predicted molar refractivity (Wildman–Crippen MR) is 128 cm³/mol. The van der Waals surface area contributed by atoms with Crippen molar-refractivity contribution in [2.45, 2.75) is 44.6 Å². The molecule has 9 heteroatoms. The number of nitrogens with one attached hydrogen (secondary N) is 2. The summed E-state index contributed by atoms with van der Waals surface area (Å²) in [7, 11) is -3.24. The second-order valence-corrected chi connectivity index (χ2v) is 9.48. The second-order valence-electron chi connectivity index (χ2n) is 6.43. The first-order valence-electron chi connectivity index (χ1n) is 9.16. The molecule has 0 amide bonds. The summed E-state index contributed by atoms with van der Waals surface area (Å²) >= 11 is 1.61. The molecule has 1 aromatic heterocycles. The Morgan fingerprint density at radius 2 is 1.93 bits per heavy atom. The molecule has 0 saturated carbocycles. The van der Waals surface area contributed by atoms with Gasteiger partial charge in [0.2, 0.25) is 0 Å². The average molecular weight is 537 g/mol. The van der Waals surface area contributed by atoms with Gasteiger partial charge in [0.15, 0.2) is 15.8 Å². The molecule has 156 valence electrons. The molecule has 0 unspecified atom stereocenters. The third kappa shape index (κ3) is 8.04. The van der Waals surface area contributed by atoms with Crippen LogP contribution >= 0.6 is 35.3 Å². The van der Waals surface area contributed by atoms with Crippen molar-refractivity contribution in [2.75, 3.05) is 18.8 Å². The monoisotopic (exact) mass is 536 g/mol. The van der Waals surface area contributed by atoms with E-state index in [9.17, 15) is 8.42 Å². The van der Waals surface area contributed by atoms with E-state index in [2.05, 4.69) is 39.8 Å². The number of sulfone groups is 1. The van der Waals surface area contributed by atoms with E-state index < -0.39 is 9.84 Å². The Morgan fingerprint density at radius 1 is 1.21 bits per heavy atom. The minimum Gasteiger partial charge on any atom is -0.357 e. The summed E-state index contributed by atoms with van der Waals surface area (Å²) in [6.07, 6.45) is 0.510. The summed E-state index contributed by atoms with van der Waals surface area (Å²) in [6.45, 7) is 8.02. The number of guanidine groups is 1. The number of nitrogens with zero attached hydrogens (tertiary/aromatic N) is 2. The Morgan fingerprint density at radius 3 is 2.54 bits per heavy atom. The molecule has 2 N–H and O–H groups in total. The van der Waals surface area contributed by atoms with Crippen LogP contribution in [0.1, 0.15) is 43.8 Å². The number of benzene rings is 1. The third-order valence-corrected chi connectivity index (χ3v) is 6.53. The lowest BCUT2D eigenvalue weighted by Crippen LogP contribution is -2.38. The van der Waals surface area contributed by atoms with Crippen LogP contribution in [0.2, 0.25) is 0 Å². The van der Waals surface area contributed by atoms with E-state index >= 15 is 0 Å². The zero-order chi connectivity index (χ0) is 19.7. The zero-order valence-corrected chi connectivity index (χ0v) is 20.5. The van der Waals surface area contributed by atoms with E-state index in [1.165, 1.54) is 0 Å². The molecule has 0 bridgehead atoms. The van der Waals surface area contributed by atoms with Gasteiger partial charge in [-0.2, -0.15) is 0 Å². The number of hydrogen-bond acceptors (Lipinski definition) is 5. The Kier molecular flexibility index (Phi) is 11.0. The molecule has 1 heterocycles. The van der Waals surface area contributed by atoms with Crippen LogP contribution in [0.4, 0.5) is 0 Å². The van der Waals surface area contributed by atoms with Gasteiger partial charge in [-0.15, -0.1) is 35.3 Å². The van der Waals surface area contributed by atoms with E-state index in [1.807, 2.05) is 13.0 Å². The molecule has 0 fully saturated rings. The summed E-state index contributed by atoms with van der Waals surface area (Å²) in [6, 6.07) is 8.56. The summed E-state index contributed by atoms with van der Waals surface area (Å²) in [5, 5.41) is 9.42. The molecule has 0 atom stereocenters. The average Bonchev–Trinajstić information content (AvgIpc) is 3.13. The molecule has 2 rings (SSSR count). The third-order valence-electron chi connectivity index (χ3n) is 3.86. The minimum atomic E-state index is -3.24. The normalized spacial score (nSPS) is 11.9. The Labute approximate surface area is 189 Å². The fraction of sp³-hybridized carbons (Fsp3) is 0.474. The number of halogens is 1. The van der Waals surface area contributed by atoms with Crippen LogP contribution in [0.5, 0.6) is 0 Å². The van der Waals surface area contributed by atoms with Gasteiger partial charge in [0.1, 0.15) is 5.01 Å². The lowest BCUT2D eigenvalue weighted by molar-refractivity contribution is 0.592. The van der Waals surface area contributed by atoms with E-state index in [0.29, 0.717) is 36.3 Å². The number of aromatic nitrogens is 1. The standard InChI is InChI=1S/C19H28N4O2S2.HI/c1-4-20-19(22-13-18-23-17(14-26-18)15(2)3)21-11-8-12-27(24,25)16-9-6-5-7-10-16;/h5-7,9-10,14-15H,4,8,11-13H2,1-3H3,(H2,20,21,22);1H. The van der Waals surface area contributed by atoms with Gasteiger partial charge in [0, 0.05) is 18.5 Å². The van der Waals surface area contributed by atoms with Crippen LogP contribution in [0.3, 0.4) is 0 Å². The smallest absolute Gasteiger partial charge is 0.191 e. The van der Waals surface area contributed by atoms with Crippen LogP contribution in [0.15, 0.2) is 45.6 Å². The summed E-state index contributed by atoms with van der Waals surface area (Å²) in [5.74, 6) is 1.20. The largest absolute Gasteiger partial charge is 0.357 e. The Bertz CT molecular complexity index is 837. The van der Waals surface area contributed by atoms with Crippen LogP contribution in [0.25, 0.3) is 0 Å². The van der Waals surface area contributed by atoms with Gasteiger partial charge in [0.25, 0.3) is 0 Å². The first-order valence-corrected chi connectivity index (χ1v) is 11.7. The van der Waals surface area contributed by atoms with Crippen molar-refractivity contribution in [3.8, 4) is 0 Å². The first kappa shape index (κ1) is 24.8. The van der Waals surface area contributed by atoms with E-state index in [1.54, 1.807) is 35.6 Å². The molecule has 0 aliphatic heterocycles. The lowest BCUT2D eigenvalue weighted by Gasteiger charge is -2.11. The zero-order valence-electron chi connectivity index (χ0n) is 16.5. The maximum absolute atomic E-state index is 12.3. The molecule has 0 aliphatic carbocycles. The number of aliphatic imine (C=N–C) groups is 1. The van der Waals surface area contributed by atoms with E-state index in [0.717, 1.165) is 17.2 Å². The molecular formula is C19H29IN4O2S2. The molecule has 6 nitrogen and oxygen atoms in total. The van der Waals surface area contributed by atoms with Crippen molar-refractivity contribution in [1.82, 2.24) is 15.6 Å². The van der Waals surface area contributed by atoms with Gasteiger partial charge in [-0.25, -0.2) is 18.4 Å². The van der Waals surface area contributed by atoms with Crippen LogP contribution in [-0.2, 0) is 16.4 Å². The molecule has 0 aliphatic rings. The Hall–Kier alpha value is -1.20. The van der Waals surface area contributed by atoms with Gasteiger partial charge >= 0.3 is 0 Å². The number of rotatable bonds is 9. The quantitative estimate of drug-likeness (QED) is 0.221. The molecule has 0 spiro atoms. The minimum absolute atomic E-state index is 0. The predicted octanol–water partition coefficient (Wildman–Crippen LogP) is 3.80. The van der Waals surface area contributed by atoms with Gasteiger partial charge in [-0.05, 0) is 31.4 Å². The van der Waals surface area contributed by atoms with Crippen molar-refractivity contribution in [1.29, 1.82) is 0 Å². The number of thiazole rings is 1. The highest BCUT2D eigenvalue weighted by Gasteiger charge is 2.13. The highest BCUT2D eigenvalue weighted by Crippen LogP contribution is 2.18. The molecular weight excluding hydrogens is 507 g/mol. The van der Waals surface area contributed by atoms with Crippen molar-refractivity contribution in [2.24, 2.45) is 4.99 Å². The maximum Gasteiger partial charge on any atom is 0.191 e. The maximum atomic E-state index is 12.3. The topological polar surface area (TPSA) is 83.4 Å². The van der Waals surface area contributed by atoms with Gasteiger partial charge in [-0.3, -0.25) is 0 Å². The van der Waals surface area contributed by atoms with Gasteiger partial charge in [-0.1, -0.05) is 32.0 Å². The van der Waals surface area contributed by atoms with E-state index in [4.69, 9.17) is 0 Å². The lowest BCUT2D eigenvalue weighted by atomic mass is 10.2. The highest BCUT2D eigenvalue weighted by atomic mass is 127. The summed E-state index contributed by atoms with van der Waals surface area (Å²) in [5.41, 5.74) is 1.09. The van der Waals surface area contributed by atoms with Crippen LogP contribution < -0.4 is 10.6 Å². The molecule has 28 heavy (non-hydrogen) atoms. The van der Waals surface area contributed by atoms with Gasteiger partial charge in [0.05, 0.1) is 22.9 Å². The summed E-state index contributed by atoms with van der Waals surface area (Å²) in [4.78, 5) is 9.49. The van der Waals surface area contributed by atoms with Crippen molar-refractivity contribution in [3.63, 3.8) is 0 Å². The SMILES string of the molecule is CCNC(=NCc1nc(C(C)C)cs1)NCCCS(=O)(=O)c1ccccc1.I. The van der Waals surface area contributed by atoms with Crippen molar-refractivity contribution in [3.05, 3.63) is 46.4 Å². The molecule has 2 aromatic rings. The molecule has 1 aromatic carbocycles. The van der Waals surface area contributed by atoms with E-state index in [-0.39, 0.29) is 29.7 Å². The first-order chi connectivity index (χ1) is 12.9. The molecule has 0 radical (unpaired) electrons. The fourth-order valence-corrected chi connectivity index (χ4v) is 4.58.